The largest absolute Gasteiger partial charge is 0.333 e. The minimum Gasteiger partial charge on any atom is -0.307 e. The van der Waals surface area contributed by atoms with Crippen LogP contribution in [0, 0.1) is 0 Å². The fraction of sp³-hybridized carbons (Fsp3) is 1.00. The van der Waals surface area contributed by atoms with Crippen molar-refractivity contribution in [3.63, 3.8) is 0 Å². The second-order valence-corrected chi connectivity index (χ2v) is 14.9. The molecule has 0 spiro atoms. The quantitative estimate of drug-likeness (QED) is 0.154. The van der Waals surface area contributed by atoms with Gasteiger partial charge in [0.25, 0.3) is 0 Å². The lowest BCUT2D eigenvalue weighted by Gasteiger charge is -2.30. The van der Waals surface area contributed by atoms with Gasteiger partial charge in [0, 0.05) is 36.9 Å². The Morgan fingerprint density at radius 1 is 0.500 bits per heavy atom. The van der Waals surface area contributed by atoms with Gasteiger partial charge in [-0.25, -0.2) is 0 Å². The summed E-state index contributed by atoms with van der Waals surface area (Å²) in [6, 6.07) is 0. The highest BCUT2D eigenvalue weighted by atomic mass is 35.6. The van der Waals surface area contributed by atoms with Crippen molar-refractivity contribution in [1.29, 1.82) is 0 Å². The van der Waals surface area contributed by atoms with E-state index in [0.717, 1.165) is 0 Å². The van der Waals surface area contributed by atoms with Gasteiger partial charge in [-0.15, -0.1) is 34.8 Å². The van der Waals surface area contributed by atoms with E-state index in [1.165, 1.54) is 0 Å². The maximum Gasteiger partial charge on any atom is 0.333 e. The molecule has 0 amide bonds. The minimum atomic E-state index is -2.14. The average Bonchev–Trinajstić information content (AvgIpc) is 2.48. The molecule has 0 rings (SSSR count). The Kier molecular flexibility index (Phi) is 16.9. The molecule has 170 valence electrons. The molecule has 3 nitrogen and oxygen atoms in total. The van der Waals surface area contributed by atoms with Crippen LogP contribution >= 0.6 is 148 Å². The van der Waals surface area contributed by atoms with Crippen molar-refractivity contribution in [3.8, 4) is 0 Å². The van der Waals surface area contributed by atoms with Gasteiger partial charge in [-0.1, -0.05) is 104 Å². The Labute approximate surface area is 225 Å². The first kappa shape index (κ1) is 31.8. The highest BCUT2D eigenvalue weighted by molar-refractivity contribution is 7.41. The van der Waals surface area contributed by atoms with E-state index in [9.17, 15) is 0 Å². The van der Waals surface area contributed by atoms with Crippen molar-refractivity contribution >= 4 is 148 Å². The van der Waals surface area contributed by atoms with Crippen LogP contribution in [0.15, 0.2) is 0 Å². The van der Waals surface area contributed by atoms with Gasteiger partial charge in [0.1, 0.15) is 0 Å². The molecule has 0 aliphatic rings. The van der Waals surface area contributed by atoms with Crippen LogP contribution in [-0.4, -0.2) is 47.3 Å². The Hall–Kier alpha value is 3.79. The van der Waals surface area contributed by atoms with Gasteiger partial charge in [0.15, 0.2) is 11.4 Å². The van der Waals surface area contributed by atoms with Crippen molar-refractivity contribution in [1.82, 2.24) is 0 Å². The summed E-state index contributed by atoms with van der Waals surface area (Å²) in [5.74, 6) is -0.0671. The summed E-state index contributed by atoms with van der Waals surface area (Å²) in [4.78, 5) is 0. The van der Waals surface area contributed by atoms with E-state index in [1.54, 1.807) is 0 Å². The lowest BCUT2D eigenvalue weighted by Crippen LogP contribution is -2.27. The first-order valence-electron chi connectivity index (χ1n) is 7.27. The second kappa shape index (κ2) is 14.9. The van der Waals surface area contributed by atoms with E-state index in [2.05, 4.69) is 0 Å². The van der Waals surface area contributed by atoms with Crippen LogP contribution in [0.2, 0.25) is 0 Å². The summed E-state index contributed by atoms with van der Waals surface area (Å²) < 4.78 is 12.3. The molecule has 0 aromatic carbocycles. The van der Waals surface area contributed by atoms with Gasteiger partial charge in [-0.3, -0.25) is 0 Å². The molecule has 0 radical (unpaired) electrons. The molecular weight excluding hydrogens is 649 g/mol. The topological polar surface area (TPSA) is 27.7 Å². The van der Waals surface area contributed by atoms with Crippen LogP contribution in [0.1, 0.15) is 19.3 Å². The zero-order valence-electron chi connectivity index (χ0n) is 13.7. The third-order valence-electron chi connectivity index (χ3n) is 2.60. The van der Waals surface area contributed by atoms with E-state index >= 15 is 0 Å². The predicted octanol–water partition coefficient (Wildman–Crippen LogP) is 9.37. The number of alkyl halides is 12. The van der Waals surface area contributed by atoms with E-state index in [0.29, 0.717) is 0 Å². The summed E-state index contributed by atoms with van der Waals surface area (Å²) >= 11 is 69.9. The number of halogens is 12. The first-order valence-corrected chi connectivity index (χ1v) is 13.4. The zero-order valence-corrected chi connectivity index (χ0v) is 23.6. The maximum atomic E-state index is 5.89. The van der Waals surface area contributed by atoms with E-state index in [-0.39, 0.29) is 36.9 Å². The van der Waals surface area contributed by atoms with E-state index in [4.69, 9.17) is 153 Å². The van der Waals surface area contributed by atoms with Crippen molar-refractivity contribution in [3.05, 3.63) is 0 Å². The van der Waals surface area contributed by atoms with Crippen LogP contribution in [0.25, 0.3) is 0 Å². The molecule has 0 fully saturated rings. The standard InChI is InChI=1S/C12H15Cl12O3P/c13-4-7(1-10(16,17)18)25-28(26-8(5-14)2-11(19,20)21)27-9(6-15)3-12(22,23)24/h7-9H,1-6H2. The number of rotatable bonds is 12. The summed E-state index contributed by atoms with van der Waals surface area (Å²) in [7, 11) is -2.14. The summed E-state index contributed by atoms with van der Waals surface area (Å²) in [6.07, 6.45) is -2.36. The van der Waals surface area contributed by atoms with Crippen molar-refractivity contribution in [2.45, 2.75) is 49.0 Å². The molecule has 0 N–H and O–H groups in total. The molecule has 3 atom stereocenters. The van der Waals surface area contributed by atoms with Crippen LogP contribution in [0.5, 0.6) is 0 Å². The maximum absolute atomic E-state index is 5.89. The van der Waals surface area contributed by atoms with Gasteiger partial charge >= 0.3 is 8.60 Å². The Bertz CT molecular complexity index is 366. The lowest BCUT2D eigenvalue weighted by atomic mass is 10.3. The fourth-order valence-electron chi connectivity index (χ4n) is 1.57. The molecule has 3 unspecified atom stereocenters. The smallest absolute Gasteiger partial charge is 0.307 e. The van der Waals surface area contributed by atoms with Crippen LogP contribution < -0.4 is 0 Å². The van der Waals surface area contributed by atoms with Crippen LogP contribution in [0.4, 0.5) is 0 Å². The Morgan fingerprint density at radius 2 is 0.714 bits per heavy atom. The zero-order chi connectivity index (χ0) is 22.2. The van der Waals surface area contributed by atoms with E-state index < -0.39 is 38.3 Å². The first-order chi connectivity index (χ1) is 12.6. The molecule has 0 saturated carbocycles. The van der Waals surface area contributed by atoms with Crippen LogP contribution in [-0.2, 0) is 13.6 Å². The average molecular weight is 664 g/mol. The molecule has 0 aromatic heterocycles. The fourth-order valence-corrected chi connectivity index (χ4v) is 5.23. The van der Waals surface area contributed by atoms with Gasteiger partial charge in [-0.2, -0.15) is 0 Å². The third kappa shape index (κ3) is 18.2. The molecule has 0 aliphatic heterocycles. The Morgan fingerprint density at radius 3 is 0.857 bits per heavy atom. The summed E-state index contributed by atoms with van der Waals surface area (Å²) in [5, 5.41) is 0. The highest BCUT2D eigenvalue weighted by Gasteiger charge is 2.35. The summed E-state index contributed by atoms with van der Waals surface area (Å²) in [5.41, 5.74) is 0. The van der Waals surface area contributed by atoms with Crippen molar-refractivity contribution in [2.24, 2.45) is 0 Å². The van der Waals surface area contributed by atoms with Gasteiger partial charge in [0.05, 0.1) is 18.3 Å². The molecule has 0 aromatic rings. The van der Waals surface area contributed by atoms with E-state index in [1.807, 2.05) is 0 Å². The van der Waals surface area contributed by atoms with Crippen LogP contribution in [0.3, 0.4) is 0 Å². The molecule has 16 heteroatoms. The predicted molar refractivity (Wildman–Crippen MR) is 128 cm³/mol. The van der Waals surface area contributed by atoms with Crippen molar-refractivity contribution < 1.29 is 13.6 Å². The van der Waals surface area contributed by atoms with Gasteiger partial charge in [-0.05, 0) is 0 Å². The third-order valence-corrected chi connectivity index (χ3v) is 6.43. The normalized spacial score (nSPS) is 18.0. The molecule has 0 bridgehead atoms. The second-order valence-electron chi connectivity index (χ2n) is 5.33. The monoisotopic (exact) mass is 658 g/mol. The highest BCUT2D eigenvalue weighted by Crippen LogP contribution is 2.49. The molecule has 0 aliphatic carbocycles. The SMILES string of the molecule is ClCC(CC(Cl)(Cl)Cl)OP(OC(CCl)CC(Cl)(Cl)Cl)OC(CCl)CC(Cl)(Cl)Cl. The Balaban J connectivity index is 5.32. The number of hydrogen-bond donors (Lipinski definition) is 0. The molecular formula is C12H15Cl12O3P. The van der Waals surface area contributed by atoms with Gasteiger partial charge < -0.3 is 13.6 Å². The lowest BCUT2D eigenvalue weighted by molar-refractivity contribution is 0.0762. The van der Waals surface area contributed by atoms with Gasteiger partial charge in [0.2, 0.25) is 0 Å². The molecule has 0 saturated heterocycles. The molecule has 0 heterocycles. The van der Waals surface area contributed by atoms with Crippen molar-refractivity contribution in [2.75, 3.05) is 17.6 Å². The minimum absolute atomic E-state index is 0.0224. The summed E-state index contributed by atoms with van der Waals surface area (Å²) in [6.45, 7) is 0. The number of hydrogen-bond acceptors (Lipinski definition) is 3. The molecule has 28 heavy (non-hydrogen) atoms.